The van der Waals surface area contributed by atoms with E-state index in [1.807, 2.05) is 20.0 Å². The van der Waals surface area contributed by atoms with Crippen LogP contribution in [-0.4, -0.2) is 42.1 Å². The van der Waals surface area contributed by atoms with Crippen LogP contribution in [0.4, 0.5) is 0 Å². The molecule has 3 rings (SSSR count). The summed E-state index contributed by atoms with van der Waals surface area (Å²) in [5.41, 5.74) is 1.37. The van der Waals surface area contributed by atoms with Crippen molar-refractivity contribution in [2.45, 2.75) is 26.0 Å². The molecule has 1 fully saturated rings. The van der Waals surface area contributed by atoms with Crippen LogP contribution in [-0.2, 0) is 6.61 Å². The summed E-state index contributed by atoms with van der Waals surface area (Å²) in [6.07, 6.45) is 0.988. The van der Waals surface area contributed by atoms with Gasteiger partial charge in [-0.05, 0) is 54.0 Å². The predicted octanol–water partition coefficient (Wildman–Crippen LogP) is 2.76. The van der Waals surface area contributed by atoms with Crippen molar-refractivity contribution in [3.05, 3.63) is 45.8 Å². The Balaban J connectivity index is 1.66. The van der Waals surface area contributed by atoms with Gasteiger partial charge in [0.25, 0.3) is 5.91 Å². The largest absolute Gasteiger partial charge is 0.486 e. The van der Waals surface area contributed by atoms with Crippen molar-refractivity contribution in [3.8, 4) is 5.75 Å². The predicted molar refractivity (Wildman–Crippen MR) is 93.1 cm³/mol. The lowest BCUT2D eigenvalue weighted by atomic mass is 10.1. The van der Waals surface area contributed by atoms with E-state index in [4.69, 9.17) is 9.26 Å². The number of aryl methyl sites for hydroxylation is 1. The van der Waals surface area contributed by atoms with Crippen LogP contribution in [0.25, 0.3) is 0 Å². The van der Waals surface area contributed by atoms with Crippen molar-refractivity contribution in [2.75, 3.05) is 20.1 Å². The topological polar surface area (TPSA) is 67.6 Å². The molecule has 2 heterocycles. The lowest BCUT2D eigenvalue weighted by Gasteiger charge is -2.24. The van der Waals surface area contributed by atoms with Crippen molar-refractivity contribution in [1.29, 1.82) is 0 Å². The normalized spacial score (nSPS) is 17.0. The first-order chi connectivity index (χ1) is 11.5. The van der Waals surface area contributed by atoms with Crippen molar-refractivity contribution >= 4 is 21.8 Å². The standard InChI is InChI=1S/C17H20BrN3O3/c1-11-7-13(20-24-11)10-23-16-4-3-12(8-15(16)18)17(22)21(2)14-5-6-19-9-14/h3-4,7-8,14,19H,5-6,9-10H2,1-2H3/t14-/m1/s1. The van der Waals surface area contributed by atoms with Gasteiger partial charge in [0.15, 0.2) is 0 Å². The third-order valence-electron chi connectivity index (χ3n) is 4.13. The molecule has 0 spiro atoms. The molecule has 1 N–H and O–H groups in total. The number of aromatic nitrogens is 1. The smallest absolute Gasteiger partial charge is 0.253 e. The summed E-state index contributed by atoms with van der Waals surface area (Å²) in [5.74, 6) is 1.43. The summed E-state index contributed by atoms with van der Waals surface area (Å²) < 4.78 is 11.5. The van der Waals surface area contributed by atoms with Gasteiger partial charge in [-0.2, -0.15) is 0 Å². The number of carbonyl (C=O) groups excluding carboxylic acids is 1. The van der Waals surface area contributed by atoms with E-state index in [1.54, 1.807) is 23.1 Å². The average molecular weight is 394 g/mol. The highest BCUT2D eigenvalue weighted by Gasteiger charge is 2.24. The van der Waals surface area contributed by atoms with E-state index in [-0.39, 0.29) is 11.9 Å². The van der Waals surface area contributed by atoms with E-state index >= 15 is 0 Å². The van der Waals surface area contributed by atoms with Crippen LogP contribution < -0.4 is 10.1 Å². The van der Waals surface area contributed by atoms with Gasteiger partial charge in [0.2, 0.25) is 0 Å². The molecule has 24 heavy (non-hydrogen) atoms. The summed E-state index contributed by atoms with van der Waals surface area (Å²) in [4.78, 5) is 14.4. The van der Waals surface area contributed by atoms with E-state index in [1.165, 1.54) is 0 Å². The molecule has 7 heteroatoms. The second-order valence-corrected chi connectivity index (χ2v) is 6.78. The van der Waals surface area contributed by atoms with Crippen molar-refractivity contribution in [3.63, 3.8) is 0 Å². The van der Waals surface area contributed by atoms with Crippen LogP contribution in [0.5, 0.6) is 5.75 Å². The van der Waals surface area contributed by atoms with Crippen molar-refractivity contribution in [2.24, 2.45) is 0 Å². The minimum absolute atomic E-state index is 0.0167. The molecule has 1 aliphatic heterocycles. The zero-order valence-electron chi connectivity index (χ0n) is 13.7. The number of rotatable bonds is 5. The molecule has 1 saturated heterocycles. The van der Waals surface area contributed by atoms with Gasteiger partial charge in [0.05, 0.1) is 4.47 Å². The van der Waals surface area contributed by atoms with E-state index in [0.717, 1.165) is 35.4 Å². The van der Waals surface area contributed by atoms with Gasteiger partial charge < -0.3 is 19.5 Å². The van der Waals surface area contributed by atoms with Crippen LogP contribution in [0, 0.1) is 6.92 Å². The Morgan fingerprint density at radius 3 is 2.96 bits per heavy atom. The highest BCUT2D eigenvalue weighted by atomic mass is 79.9. The van der Waals surface area contributed by atoms with Gasteiger partial charge in [0.1, 0.15) is 23.8 Å². The fraction of sp³-hybridized carbons (Fsp3) is 0.412. The van der Waals surface area contributed by atoms with Gasteiger partial charge >= 0.3 is 0 Å². The first-order valence-electron chi connectivity index (χ1n) is 7.87. The SMILES string of the molecule is Cc1cc(COc2ccc(C(=O)N(C)[C@@H]3CCNC3)cc2Br)no1. The number of nitrogens with zero attached hydrogens (tertiary/aromatic N) is 2. The molecule has 1 aromatic carbocycles. The molecule has 1 amide bonds. The third kappa shape index (κ3) is 3.79. The molecule has 0 saturated carbocycles. The van der Waals surface area contributed by atoms with E-state index in [2.05, 4.69) is 26.4 Å². The zero-order chi connectivity index (χ0) is 17.1. The van der Waals surface area contributed by atoms with Crippen LogP contribution in [0.3, 0.4) is 0 Å². The van der Waals surface area contributed by atoms with Crippen LogP contribution in [0.2, 0.25) is 0 Å². The van der Waals surface area contributed by atoms with Gasteiger partial charge in [-0.25, -0.2) is 0 Å². The number of ether oxygens (including phenoxy) is 1. The molecule has 1 aliphatic rings. The Morgan fingerprint density at radius 1 is 1.50 bits per heavy atom. The van der Waals surface area contributed by atoms with Crippen LogP contribution >= 0.6 is 15.9 Å². The van der Waals surface area contributed by atoms with Gasteiger partial charge in [-0.1, -0.05) is 5.16 Å². The molecule has 1 atom stereocenters. The Bertz CT molecular complexity index is 726. The van der Waals surface area contributed by atoms with Crippen LogP contribution in [0.1, 0.15) is 28.2 Å². The highest BCUT2D eigenvalue weighted by Crippen LogP contribution is 2.27. The number of hydrogen-bond acceptors (Lipinski definition) is 5. The van der Waals surface area contributed by atoms with Crippen molar-refractivity contribution in [1.82, 2.24) is 15.4 Å². The molecule has 0 bridgehead atoms. The molecule has 0 aliphatic carbocycles. The second kappa shape index (κ2) is 7.36. The second-order valence-electron chi connectivity index (χ2n) is 5.93. The summed E-state index contributed by atoms with van der Waals surface area (Å²) >= 11 is 3.47. The number of benzene rings is 1. The summed E-state index contributed by atoms with van der Waals surface area (Å²) in [6, 6.07) is 7.46. The fourth-order valence-corrected chi connectivity index (χ4v) is 3.22. The molecular weight excluding hydrogens is 374 g/mol. The maximum atomic E-state index is 12.6. The first kappa shape index (κ1) is 17.0. The number of nitrogens with one attached hydrogen (secondary N) is 1. The Kier molecular flexibility index (Phi) is 5.20. The lowest BCUT2D eigenvalue weighted by molar-refractivity contribution is 0.0743. The quantitative estimate of drug-likeness (QED) is 0.845. The molecular formula is C17H20BrN3O3. The number of halogens is 1. The van der Waals surface area contributed by atoms with Crippen molar-refractivity contribution < 1.29 is 14.1 Å². The molecule has 1 aromatic heterocycles. The highest BCUT2D eigenvalue weighted by molar-refractivity contribution is 9.10. The summed E-state index contributed by atoms with van der Waals surface area (Å²) in [6.45, 7) is 3.96. The minimum Gasteiger partial charge on any atom is -0.486 e. The zero-order valence-corrected chi connectivity index (χ0v) is 15.3. The molecule has 6 nitrogen and oxygen atoms in total. The molecule has 2 aromatic rings. The van der Waals surface area contributed by atoms with E-state index in [0.29, 0.717) is 17.9 Å². The maximum absolute atomic E-state index is 12.6. The Labute approximate surface area is 149 Å². The van der Waals surface area contributed by atoms with E-state index < -0.39 is 0 Å². The third-order valence-corrected chi connectivity index (χ3v) is 4.75. The Morgan fingerprint density at radius 2 is 2.33 bits per heavy atom. The maximum Gasteiger partial charge on any atom is 0.253 e. The fourth-order valence-electron chi connectivity index (χ4n) is 2.73. The van der Waals surface area contributed by atoms with Crippen LogP contribution in [0.15, 0.2) is 33.3 Å². The molecule has 128 valence electrons. The number of likely N-dealkylation sites (N-methyl/N-ethyl adjacent to an activating group) is 1. The average Bonchev–Trinajstić information content (AvgIpc) is 3.24. The van der Waals surface area contributed by atoms with Gasteiger partial charge in [-0.3, -0.25) is 4.79 Å². The number of hydrogen-bond donors (Lipinski definition) is 1. The lowest BCUT2D eigenvalue weighted by Crippen LogP contribution is -2.38. The molecule has 0 unspecified atom stereocenters. The first-order valence-corrected chi connectivity index (χ1v) is 8.66. The monoisotopic (exact) mass is 393 g/mol. The van der Waals surface area contributed by atoms with Gasteiger partial charge in [0, 0.05) is 31.3 Å². The van der Waals surface area contributed by atoms with E-state index in [9.17, 15) is 4.79 Å². The summed E-state index contributed by atoms with van der Waals surface area (Å²) in [5, 5.41) is 7.17. The number of carbonyl (C=O) groups is 1. The number of amides is 1. The molecule has 0 radical (unpaired) electrons. The van der Waals surface area contributed by atoms with Gasteiger partial charge in [-0.15, -0.1) is 0 Å². The summed E-state index contributed by atoms with van der Waals surface area (Å²) in [7, 11) is 1.85. The minimum atomic E-state index is 0.0167. The Hall–Kier alpha value is -1.86.